The minimum atomic E-state index is -0.577. The molecule has 1 aromatic carbocycles. The number of ether oxygens (including phenoxy) is 1. The maximum atomic E-state index is 12.0. The third-order valence-electron chi connectivity index (χ3n) is 4.43. The highest BCUT2D eigenvalue weighted by molar-refractivity contribution is 6.30. The summed E-state index contributed by atoms with van der Waals surface area (Å²) in [7, 11) is 0. The quantitative estimate of drug-likeness (QED) is 0.627. The van der Waals surface area contributed by atoms with Crippen molar-refractivity contribution in [3.8, 4) is 5.75 Å². The average Bonchev–Trinajstić information content (AvgIpc) is 3.39. The first-order valence-corrected chi connectivity index (χ1v) is 8.51. The normalized spacial score (nSPS) is 19.0. The van der Waals surface area contributed by atoms with Crippen molar-refractivity contribution in [1.29, 1.82) is 0 Å². The van der Waals surface area contributed by atoms with Crippen molar-refractivity contribution in [1.82, 2.24) is 10.2 Å². The molecule has 0 unspecified atom stereocenters. The summed E-state index contributed by atoms with van der Waals surface area (Å²) in [6, 6.07) is 5.02. The van der Waals surface area contributed by atoms with Gasteiger partial charge in [-0.1, -0.05) is 11.6 Å². The summed E-state index contributed by atoms with van der Waals surface area (Å²) in [6.07, 6.45) is 4.46. The molecule has 1 heterocycles. The smallest absolute Gasteiger partial charge is 0.312 e. The van der Waals surface area contributed by atoms with Crippen molar-refractivity contribution >= 4 is 23.2 Å². The van der Waals surface area contributed by atoms with Crippen molar-refractivity contribution in [3.05, 3.63) is 33.3 Å². The monoisotopic (exact) mass is 353 g/mol. The number of amides is 1. The molecule has 2 aliphatic rings. The van der Waals surface area contributed by atoms with E-state index < -0.39 is 4.92 Å². The third-order valence-corrected chi connectivity index (χ3v) is 4.67. The Labute approximate surface area is 145 Å². The Morgan fingerprint density at radius 3 is 2.67 bits per heavy atom. The van der Waals surface area contributed by atoms with Gasteiger partial charge in [0.2, 0.25) is 0 Å². The number of hydrogen-bond donors (Lipinski definition) is 1. The zero-order chi connectivity index (χ0) is 17.1. The Kier molecular flexibility index (Phi) is 5.20. The average molecular weight is 354 g/mol. The molecule has 24 heavy (non-hydrogen) atoms. The maximum Gasteiger partial charge on any atom is 0.312 e. The number of nitrogens with one attached hydrogen (secondary N) is 1. The first-order valence-electron chi connectivity index (χ1n) is 8.13. The molecular formula is C16H20ClN3O4. The minimum absolute atomic E-state index is 0.0445. The number of rotatable bonds is 6. The fourth-order valence-electron chi connectivity index (χ4n) is 3.02. The Balaban J connectivity index is 1.46. The van der Waals surface area contributed by atoms with Crippen LogP contribution in [0.5, 0.6) is 5.75 Å². The Hall–Kier alpha value is -1.86. The fraction of sp³-hybridized carbons (Fsp3) is 0.562. The molecule has 3 rings (SSSR count). The summed E-state index contributed by atoms with van der Waals surface area (Å²) in [4.78, 5) is 24.9. The zero-order valence-electron chi connectivity index (χ0n) is 13.2. The van der Waals surface area contributed by atoms with Crippen LogP contribution < -0.4 is 10.1 Å². The number of nitro groups is 1. The SMILES string of the molecule is O=C(COc1ccc(Cl)cc1[N+](=O)[O-])NC1CCN(C2CC2)CC1. The summed E-state index contributed by atoms with van der Waals surface area (Å²) in [5.41, 5.74) is -0.243. The predicted octanol–water partition coefficient (Wildman–Crippen LogP) is 2.37. The van der Waals surface area contributed by atoms with E-state index >= 15 is 0 Å². The molecule has 0 radical (unpaired) electrons. The minimum Gasteiger partial charge on any atom is -0.477 e. The highest BCUT2D eigenvalue weighted by Crippen LogP contribution is 2.30. The predicted molar refractivity (Wildman–Crippen MR) is 89.4 cm³/mol. The van der Waals surface area contributed by atoms with Gasteiger partial charge in [0, 0.05) is 36.3 Å². The highest BCUT2D eigenvalue weighted by Gasteiger charge is 2.32. The van der Waals surface area contributed by atoms with Crippen LogP contribution in [0.2, 0.25) is 5.02 Å². The zero-order valence-corrected chi connectivity index (χ0v) is 14.0. The van der Waals surface area contributed by atoms with Gasteiger partial charge in [0.25, 0.3) is 5.91 Å². The molecule has 1 N–H and O–H groups in total. The van der Waals surface area contributed by atoms with Crippen LogP contribution in [0.4, 0.5) is 5.69 Å². The van der Waals surface area contributed by atoms with Gasteiger partial charge >= 0.3 is 5.69 Å². The first kappa shape index (κ1) is 17.0. The second kappa shape index (κ2) is 7.36. The van der Waals surface area contributed by atoms with E-state index in [-0.39, 0.29) is 35.0 Å². The lowest BCUT2D eigenvalue weighted by atomic mass is 10.0. The van der Waals surface area contributed by atoms with Crippen LogP contribution in [0.25, 0.3) is 0 Å². The molecule has 130 valence electrons. The first-order chi connectivity index (χ1) is 11.5. The van der Waals surface area contributed by atoms with E-state index in [1.165, 1.54) is 31.0 Å². The van der Waals surface area contributed by atoms with E-state index in [0.29, 0.717) is 0 Å². The number of hydrogen-bond acceptors (Lipinski definition) is 5. The number of likely N-dealkylation sites (tertiary alicyclic amines) is 1. The number of benzene rings is 1. The molecule has 0 aromatic heterocycles. The van der Waals surface area contributed by atoms with Crippen molar-refractivity contribution in [2.75, 3.05) is 19.7 Å². The summed E-state index contributed by atoms with van der Waals surface area (Å²) < 4.78 is 5.30. The van der Waals surface area contributed by atoms with Gasteiger partial charge < -0.3 is 15.0 Å². The van der Waals surface area contributed by atoms with Gasteiger partial charge in [-0.25, -0.2) is 0 Å². The number of halogens is 1. The molecule has 1 aliphatic heterocycles. The molecule has 0 spiro atoms. The van der Waals surface area contributed by atoms with E-state index in [9.17, 15) is 14.9 Å². The summed E-state index contributed by atoms with van der Waals surface area (Å²) in [5, 5.41) is 14.2. The number of carbonyl (C=O) groups excluding carboxylic acids is 1. The molecule has 2 fully saturated rings. The second-order valence-electron chi connectivity index (χ2n) is 6.27. The molecule has 0 atom stereocenters. The molecule has 7 nitrogen and oxygen atoms in total. The lowest BCUT2D eigenvalue weighted by Crippen LogP contribution is -2.46. The van der Waals surface area contributed by atoms with Crippen molar-refractivity contribution in [2.24, 2.45) is 0 Å². The summed E-state index contributed by atoms with van der Waals surface area (Å²) in [6.45, 7) is 1.78. The van der Waals surface area contributed by atoms with Crippen LogP contribution in [0.1, 0.15) is 25.7 Å². The van der Waals surface area contributed by atoms with Crippen LogP contribution in [0.15, 0.2) is 18.2 Å². The summed E-state index contributed by atoms with van der Waals surface area (Å²) >= 11 is 5.75. The number of nitro benzene ring substituents is 1. The van der Waals surface area contributed by atoms with Crippen molar-refractivity contribution in [3.63, 3.8) is 0 Å². The van der Waals surface area contributed by atoms with Crippen LogP contribution in [-0.4, -0.2) is 47.5 Å². The molecule has 1 aliphatic carbocycles. The molecule has 0 bridgehead atoms. The standard InChI is InChI=1S/C16H20ClN3O4/c17-11-1-4-15(14(9-11)20(22)23)24-10-16(21)18-12-5-7-19(8-6-12)13-2-3-13/h1,4,9,12-13H,2-3,5-8,10H2,(H,18,21). The lowest BCUT2D eigenvalue weighted by Gasteiger charge is -2.32. The Bertz CT molecular complexity index is 628. The molecule has 1 saturated carbocycles. The third kappa shape index (κ3) is 4.36. The molecule has 1 amide bonds. The van der Waals surface area contributed by atoms with Gasteiger partial charge in [-0.3, -0.25) is 14.9 Å². The van der Waals surface area contributed by atoms with Crippen LogP contribution in [0, 0.1) is 10.1 Å². The van der Waals surface area contributed by atoms with Gasteiger partial charge in [-0.2, -0.15) is 0 Å². The van der Waals surface area contributed by atoms with E-state index in [1.54, 1.807) is 0 Å². The maximum absolute atomic E-state index is 12.0. The number of nitrogens with zero attached hydrogens (tertiary/aromatic N) is 2. The number of carbonyl (C=O) groups is 1. The second-order valence-corrected chi connectivity index (χ2v) is 6.70. The van der Waals surface area contributed by atoms with E-state index in [2.05, 4.69) is 10.2 Å². The molecule has 1 saturated heterocycles. The van der Waals surface area contributed by atoms with E-state index in [1.807, 2.05) is 0 Å². The van der Waals surface area contributed by atoms with Crippen LogP contribution in [0.3, 0.4) is 0 Å². The molecule has 8 heteroatoms. The fourth-order valence-corrected chi connectivity index (χ4v) is 3.18. The lowest BCUT2D eigenvalue weighted by molar-refractivity contribution is -0.385. The van der Waals surface area contributed by atoms with Gasteiger partial charge in [0.05, 0.1) is 4.92 Å². The topological polar surface area (TPSA) is 84.7 Å². The summed E-state index contributed by atoms with van der Waals surface area (Å²) in [5.74, 6) is -0.216. The van der Waals surface area contributed by atoms with Crippen molar-refractivity contribution < 1.29 is 14.5 Å². The van der Waals surface area contributed by atoms with Crippen LogP contribution in [-0.2, 0) is 4.79 Å². The number of piperidine rings is 1. The van der Waals surface area contributed by atoms with Crippen molar-refractivity contribution in [2.45, 2.75) is 37.8 Å². The van der Waals surface area contributed by atoms with Crippen LogP contribution >= 0.6 is 11.6 Å². The Morgan fingerprint density at radius 1 is 1.33 bits per heavy atom. The largest absolute Gasteiger partial charge is 0.477 e. The molecule has 1 aromatic rings. The van der Waals surface area contributed by atoms with Gasteiger partial charge in [0.1, 0.15) is 0 Å². The van der Waals surface area contributed by atoms with Gasteiger partial charge in [-0.15, -0.1) is 0 Å². The van der Waals surface area contributed by atoms with E-state index in [4.69, 9.17) is 16.3 Å². The Morgan fingerprint density at radius 2 is 2.04 bits per heavy atom. The van der Waals surface area contributed by atoms with Gasteiger partial charge in [0.15, 0.2) is 12.4 Å². The molecular weight excluding hydrogens is 334 g/mol. The highest BCUT2D eigenvalue weighted by atomic mass is 35.5. The van der Waals surface area contributed by atoms with E-state index in [0.717, 1.165) is 32.0 Å². The van der Waals surface area contributed by atoms with Gasteiger partial charge in [-0.05, 0) is 37.8 Å².